The number of fused-ring (bicyclic) bond motifs is 6. The summed E-state index contributed by atoms with van der Waals surface area (Å²) in [7, 11) is 0. The lowest BCUT2D eigenvalue weighted by atomic mass is 9.45. The minimum absolute atomic E-state index is 0.0939. The van der Waals surface area contributed by atoms with E-state index < -0.39 is 23.8 Å². The molecule has 4 aliphatic rings. The fourth-order valence-corrected chi connectivity index (χ4v) is 9.49. The summed E-state index contributed by atoms with van der Waals surface area (Å²) in [6.45, 7) is 4.15. The van der Waals surface area contributed by atoms with Crippen LogP contribution in [0.4, 0.5) is 0 Å². The van der Waals surface area contributed by atoms with E-state index in [-0.39, 0.29) is 36.5 Å². The third-order valence-corrected chi connectivity index (χ3v) is 12.0. The van der Waals surface area contributed by atoms with Crippen molar-refractivity contribution in [3.05, 3.63) is 36.0 Å². The van der Waals surface area contributed by atoms with Crippen molar-refractivity contribution in [2.45, 2.75) is 90.2 Å². The van der Waals surface area contributed by atoms with E-state index >= 15 is 0 Å². The Morgan fingerprint density at radius 3 is 2.66 bits per heavy atom. The number of nitrogens with one attached hydrogen (secondary N) is 3. The average Bonchev–Trinajstić information content (AvgIpc) is 3.55. The summed E-state index contributed by atoms with van der Waals surface area (Å²) in [5.74, 6) is 0.383. The van der Waals surface area contributed by atoms with Gasteiger partial charge in [0.25, 0.3) is 5.91 Å². The number of carbonyl (C=O) groups excluding carboxylic acids is 2. The zero-order valence-corrected chi connectivity index (χ0v) is 25.8. The Kier molecular flexibility index (Phi) is 8.48. The number of rotatable bonds is 9. The quantitative estimate of drug-likeness (QED) is 0.270. The van der Waals surface area contributed by atoms with Gasteiger partial charge in [-0.2, -0.15) is 0 Å². The summed E-state index contributed by atoms with van der Waals surface area (Å²) in [6.07, 6.45) is 11.4. The zero-order chi connectivity index (χ0) is 31.1. The van der Waals surface area contributed by atoms with Crippen LogP contribution in [0.2, 0.25) is 0 Å². The molecule has 1 aromatic carbocycles. The van der Waals surface area contributed by atoms with Gasteiger partial charge < -0.3 is 30.7 Å². The second kappa shape index (κ2) is 12.2. The van der Waals surface area contributed by atoms with Gasteiger partial charge in [-0.15, -0.1) is 0 Å². The van der Waals surface area contributed by atoms with Crippen LogP contribution in [0.5, 0.6) is 0 Å². The summed E-state index contributed by atoms with van der Waals surface area (Å²) < 4.78 is 0. The lowest BCUT2D eigenvalue weighted by Gasteiger charge is -2.60. The van der Waals surface area contributed by atoms with Crippen LogP contribution in [0.25, 0.3) is 10.9 Å². The number of H-pyrrole nitrogens is 1. The van der Waals surface area contributed by atoms with Crippen LogP contribution in [-0.2, 0) is 25.6 Å². The number of benzene rings is 1. The summed E-state index contributed by atoms with van der Waals surface area (Å²) in [6, 6.07) is 6.44. The Morgan fingerprint density at radius 1 is 1.05 bits per heavy atom. The Balaban J connectivity index is 0.951. The molecule has 1 heterocycles. The number of aliphatic hydroxyl groups excluding tert-OH is 1. The number of aliphatic hydroxyl groups is 1. The number of para-hydroxylation sites is 1. The maximum atomic E-state index is 12.5. The topological polar surface area (TPSA) is 153 Å². The molecule has 4 aliphatic carbocycles. The molecule has 1 aromatic heterocycles. The van der Waals surface area contributed by atoms with Crippen molar-refractivity contribution in [1.29, 1.82) is 0 Å². The van der Waals surface area contributed by atoms with Gasteiger partial charge in [-0.25, -0.2) is 4.79 Å². The van der Waals surface area contributed by atoms with Crippen molar-refractivity contribution in [3.8, 4) is 0 Å². The maximum absolute atomic E-state index is 12.5. The lowest BCUT2D eigenvalue weighted by molar-refractivity contribution is -0.141. The summed E-state index contributed by atoms with van der Waals surface area (Å²) in [4.78, 5) is 45.2. The molecule has 2 amide bonds. The molecule has 10 heteroatoms. The van der Waals surface area contributed by atoms with E-state index in [1.165, 1.54) is 19.3 Å². The van der Waals surface area contributed by atoms with Gasteiger partial charge in [0.1, 0.15) is 6.04 Å². The van der Waals surface area contributed by atoms with E-state index in [9.17, 15) is 24.6 Å². The van der Waals surface area contributed by atoms with Gasteiger partial charge in [0, 0.05) is 23.5 Å². The molecule has 0 unspecified atom stereocenters. The molecule has 0 radical (unpaired) electrons. The molecular weight excluding hydrogens is 560 g/mol. The molecule has 4 fully saturated rings. The molecule has 44 heavy (non-hydrogen) atoms. The maximum Gasteiger partial charge on any atom is 0.326 e. The number of aromatic nitrogens is 1. The molecule has 2 aromatic rings. The Morgan fingerprint density at radius 2 is 1.84 bits per heavy atom. The molecular formula is C34H46N4O6. The molecule has 6 rings (SSSR count). The van der Waals surface area contributed by atoms with Crippen LogP contribution in [-0.4, -0.2) is 64.0 Å². The number of aliphatic carboxylic acids is 1. The van der Waals surface area contributed by atoms with Crippen molar-refractivity contribution in [2.75, 3.05) is 13.2 Å². The van der Waals surface area contributed by atoms with Crippen LogP contribution in [0.1, 0.15) is 77.2 Å². The predicted molar refractivity (Wildman–Crippen MR) is 166 cm³/mol. The number of hydrogen-bond donors (Lipinski definition) is 5. The number of oxime groups is 1. The van der Waals surface area contributed by atoms with Gasteiger partial charge >= 0.3 is 5.97 Å². The van der Waals surface area contributed by atoms with Crippen molar-refractivity contribution in [2.24, 2.45) is 39.7 Å². The Hall–Kier alpha value is -3.40. The number of carbonyl (C=O) groups is 3. The molecule has 10 nitrogen and oxygen atoms in total. The SMILES string of the molecule is C[C@]12CCC(=NOCC(=O)NCC(=O)N[C@H](Cc3c[nH]c4ccccc34)C(=O)O)C[C@@H]1CC[C@H]1[C@H]3CC[C@@H](O)[C@@]3(C)CC[C@@H]12. The standard InChI is InChI=1S/C34H46N4O6/c1-33-13-11-22(16-21(33)7-8-24-25-9-10-29(39)34(25,2)14-12-26(24)33)38-44-19-31(41)36-18-30(40)37-28(32(42)43)15-20-17-35-27-6-4-3-5-23(20)27/h3-6,17,21,24-26,28-29,35,39H,7-16,18-19H2,1-2H3,(H,36,41)(H,37,40)(H,42,43)/t21-,24-,25+,26-,28+,29+,33-,34-/m0/s1. The van der Waals surface area contributed by atoms with E-state index in [1.807, 2.05) is 24.3 Å². The Labute approximate surface area is 258 Å². The van der Waals surface area contributed by atoms with Crippen molar-refractivity contribution < 1.29 is 29.4 Å². The van der Waals surface area contributed by atoms with E-state index in [1.54, 1.807) is 6.20 Å². The van der Waals surface area contributed by atoms with Gasteiger partial charge in [0.15, 0.2) is 6.61 Å². The van der Waals surface area contributed by atoms with E-state index in [2.05, 4.69) is 34.6 Å². The number of carboxylic acid groups (broad SMARTS) is 1. The first-order valence-corrected chi connectivity index (χ1v) is 16.3. The highest BCUT2D eigenvalue weighted by molar-refractivity contribution is 5.89. The normalized spacial score (nSPS) is 34.4. The number of amides is 2. The minimum atomic E-state index is -1.15. The molecule has 4 saturated carbocycles. The van der Waals surface area contributed by atoms with Crippen LogP contribution in [0, 0.1) is 34.5 Å². The monoisotopic (exact) mass is 606 g/mol. The predicted octanol–water partition coefficient (Wildman–Crippen LogP) is 4.17. The van der Waals surface area contributed by atoms with Crippen molar-refractivity contribution >= 4 is 34.4 Å². The van der Waals surface area contributed by atoms with Gasteiger partial charge in [-0.3, -0.25) is 9.59 Å². The fourth-order valence-electron chi connectivity index (χ4n) is 9.49. The number of nitrogens with zero attached hydrogens (tertiary/aromatic N) is 1. The molecule has 0 aliphatic heterocycles. The average molecular weight is 607 g/mol. The van der Waals surface area contributed by atoms with Crippen molar-refractivity contribution in [1.82, 2.24) is 15.6 Å². The second-order valence-corrected chi connectivity index (χ2v) is 14.2. The van der Waals surface area contributed by atoms with Gasteiger partial charge in [-0.1, -0.05) is 37.2 Å². The largest absolute Gasteiger partial charge is 0.480 e. The van der Waals surface area contributed by atoms with Crippen molar-refractivity contribution in [3.63, 3.8) is 0 Å². The molecule has 0 saturated heterocycles. The molecule has 5 N–H and O–H groups in total. The lowest BCUT2D eigenvalue weighted by Crippen LogP contribution is -2.54. The highest BCUT2D eigenvalue weighted by atomic mass is 16.6. The summed E-state index contributed by atoms with van der Waals surface area (Å²) in [5.41, 5.74) is 3.05. The summed E-state index contributed by atoms with van der Waals surface area (Å²) in [5, 5.41) is 30.6. The first-order valence-electron chi connectivity index (χ1n) is 16.3. The van der Waals surface area contributed by atoms with Crippen LogP contribution in [0.15, 0.2) is 35.6 Å². The van der Waals surface area contributed by atoms with E-state index in [4.69, 9.17) is 4.84 Å². The Bertz CT molecular complexity index is 1440. The molecule has 8 atom stereocenters. The van der Waals surface area contributed by atoms with Gasteiger partial charge in [0.05, 0.1) is 18.4 Å². The highest BCUT2D eigenvalue weighted by Crippen LogP contribution is 2.66. The number of carboxylic acids is 1. The van der Waals surface area contributed by atoms with E-state index in [0.717, 1.165) is 60.7 Å². The number of aromatic amines is 1. The highest BCUT2D eigenvalue weighted by Gasteiger charge is 2.59. The first kappa shape index (κ1) is 30.6. The van der Waals surface area contributed by atoms with Gasteiger partial charge in [0.2, 0.25) is 5.91 Å². The first-order chi connectivity index (χ1) is 21.1. The third kappa shape index (κ3) is 5.73. The molecule has 238 valence electrons. The fraction of sp³-hybridized carbons (Fsp3) is 0.647. The van der Waals surface area contributed by atoms with E-state index in [0.29, 0.717) is 23.7 Å². The third-order valence-electron chi connectivity index (χ3n) is 12.0. The van der Waals surface area contributed by atoms with Crippen LogP contribution < -0.4 is 10.6 Å². The molecule has 0 bridgehead atoms. The zero-order valence-electron chi connectivity index (χ0n) is 25.8. The molecule has 0 spiro atoms. The minimum Gasteiger partial charge on any atom is -0.480 e. The smallest absolute Gasteiger partial charge is 0.326 e. The van der Waals surface area contributed by atoms with Crippen LogP contribution in [0.3, 0.4) is 0 Å². The second-order valence-electron chi connectivity index (χ2n) is 14.2. The van der Waals surface area contributed by atoms with Gasteiger partial charge in [-0.05, 0) is 104 Å². The number of hydrogen-bond acceptors (Lipinski definition) is 6. The van der Waals surface area contributed by atoms with Crippen LogP contribution >= 0.6 is 0 Å². The summed E-state index contributed by atoms with van der Waals surface area (Å²) >= 11 is 0.